The number of nitrogens with zero attached hydrogens (tertiary/aromatic N) is 2. The van der Waals surface area contributed by atoms with Crippen LogP contribution in [0.15, 0.2) is 0 Å². The topological polar surface area (TPSA) is 37.9 Å². The lowest BCUT2D eigenvalue weighted by atomic mass is 10.4. The fraction of sp³-hybridized carbons (Fsp3) is 0.800. The normalized spacial score (nSPS) is 29.1. The first-order valence-corrected chi connectivity index (χ1v) is 3.73. The summed E-state index contributed by atoms with van der Waals surface area (Å²) in [6.07, 6.45) is 0. The van der Waals surface area contributed by atoms with E-state index in [2.05, 4.69) is 11.4 Å². The van der Waals surface area contributed by atoms with Gasteiger partial charge in [0.25, 0.3) is 0 Å². The number of hydrogen-bond acceptors (Lipinski definition) is 2. The SMILES string of the molecule is N#CC1CSCC[N]1. The second-order valence-corrected chi connectivity index (χ2v) is 2.78. The summed E-state index contributed by atoms with van der Waals surface area (Å²) < 4.78 is 0. The van der Waals surface area contributed by atoms with E-state index in [1.165, 1.54) is 0 Å². The second-order valence-electron chi connectivity index (χ2n) is 1.63. The zero-order valence-corrected chi connectivity index (χ0v) is 5.32. The Bertz CT molecular complexity index is 101. The van der Waals surface area contributed by atoms with Crippen molar-refractivity contribution in [3.63, 3.8) is 0 Å². The first-order valence-electron chi connectivity index (χ1n) is 2.57. The Labute approximate surface area is 53.3 Å². The number of rotatable bonds is 0. The highest BCUT2D eigenvalue weighted by Crippen LogP contribution is 2.07. The van der Waals surface area contributed by atoms with Crippen LogP contribution in [-0.2, 0) is 0 Å². The van der Waals surface area contributed by atoms with Crippen molar-refractivity contribution in [2.75, 3.05) is 18.1 Å². The van der Waals surface area contributed by atoms with Crippen LogP contribution in [0.1, 0.15) is 0 Å². The smallest absolute Gasteiger partial charge is 0.120 e. The summed E-state index contributed by atoms with van der Waals surface area (Å²) in [5.41, 5.74) is 0. The average molecular weight is 127 g/mol. The molecule has 1 rings (SSSR count). The van der Waals surface area contributed by atoms with Crippen LogP contribution < -0.4 is 5.32 Å². The molecule has 0 saturated carbocycles. The molecule has 0 aromatic heterocycles. The molecule has 1 atom stereocenters. The van der Waals surface area contributed by atoms with Gasteiger partial charge in [0.2, 0.25) is 0 Å². The van der Waals surface area contributed by atoms with E-state index in [4.69, 9.17) is 5.26 Å². The van der Waals surface area contributed by atoms with Gasteiger partial charge in [0, 0.05) is 18.1 Å². The van der Waals surface area contributed by atoms with E-state index in [-0.39, 0.29) is 6.04 Å². The Balaban J connectivity index is 2.25. The van der Waals surface area contributed by atoms with Gasteiger partial charge in [-0.25, -0.2) is 5.32 Å². The molecule has 0 aromatic rings. The van der Waals surface area contributed by atoms with Crippen LogP contribution >= 0.6 is 11.8 Å². The summed E-state index contributed by atoms with van der Waals surface area (Å²) >= 11 is 1.81. The van der Waals surface area contributed by atoms with Crippen LogP contribution in [0.3, 0.4) is 0 Å². The highest BCUT2D eigenvalue weighted by Gasteiger charge is 2.11. The van der Waals surface area contributed by atoms with Gasteiger partial charge >= 0.3 is 0 Å². The summed E-state index contributed by atoms with van der Waals surface area (Å²) in [7, 11) is 0. The van der Waals surface area contributed by atoms with Gasteiger partial charge in [-0.05, 0) is 0 Å². The van der Waals surface area contributed by atoms with Crippen LogP contribution in [0.5, 0.6) is 0 Å². The minimum absolute atomic E-state index is 0.0197. The first-order chi connectivity index (χ1) is 3.93. The minimum Gasteiger partial charge on any atom is -0.222 e. The Kier molecular flexibility index (Phi) is 2.19. The molecule has 0 spiro atoms. The van der Waals surface area contributed by atoms with E-state index in [1.807, 2.05) is 11.8 Å². The van der Waals surface area contributed by atoms with E-state index in [1.54, 1.807) is 0 Å². The van der Waals surface area contributed by atoms with Gasteiger partial charge < -0.3 is 0 Å². The second kappa shape index (κ2) is 2.95. The lowest BCUT2D eigenvalue weighted by Gasteiger charge is -2.13. The van der Waals surface area contributed by atoms with Crippen molar-refractivity contribution < 1.29 is 0 Å². The molecule has 0 bridgehead atoms. The fourth-order valence-corrected chi connectivity index (χ4v) is 1.40. The molecule has 1 heterocycles. The van der Waals surface area contributed by atoms with Gasteiger partial charge in [-0.2, -0.15) is 17.0 Å². The van der Waals surface area contributed by atoms with Crippen molar-refractivity contribution in [3.8, 4) is 6.07 Å². The van der Waals surface area contributed by atoms with Crippen LogP contribution in [0.4, 0.5) is 0 Å². The molecule has 1 radical (unpaired) electrons. The summed E-state index contributed by atoms with van der Waals surface area (Å²) in [5, 5.41) is 12.4. The van der Waals surface area contributed by atoms with Crippen molar-refractivity contribution in [1.82, 2.24) is 5.32 Å². The number of thioether (sulfide) groups is 1. The molecule has 0 aliphatic carbocycles. The molecule has 1 aliphatic heterocycles. The zero-order chi connectivity index (χ0) is 5.82. The van der Waals surface area contributed by atoms with Gasteiger partial charge in [-0.3, -0.25) is 0 Å². The molecule has 2 nitrogen and oxygen atoms in total. The molecular weight excluding hydrogens is 120 g/mol. The maximum atomic E-state index is 8.33. The van der Waals surface area contributed by atoms with Crippen molar-refractivity contribution in [1.29, 1.82) is 5.26 Å². The van der Waals surface area contributed by atoms with Gasteiger partial charge in [-0.1, -0.05) is 0 Å². The lowest BCUT2D eigenvalue weighted by Crippen LogP contribution is -2.29. The maximum Gasteiger partial charge on any atom is 0.120 e. The molecule has 0 N–H and O–H groups in total. The molecule has 0 aromatic carbocycles. The van der Waals surface area contributed by atoms with Crippen LogP contribution in [0.2, 0.25) is 0 Å². The predicted octanol–water partition coefficient (Wildman–Crippen LogP) is 0.230. The van der Waals surface area contributed by atoms with Gasteiger partial charge in [0.05, 0.1) is 6.07 Å². The first kappa shape index (κ1) is 5.93. The Hall–Kier alpha value is -0.200. The van der Waals surface area contributed by atoms with E-state index >= 15 is 0 Å². The minimum atomic E-state index is -0.0197. The largest absolute Gasteiger partial charge is 0.222 e. The predicted molar refractivity (Wildman–Crippen MR) is 33.7 cm³/mol. The van der Waals surface area contributed by atoms with Crippen LogP contribution in [0, 0.1) is 11.3 Å². The third-order valence-corrected chi connectivity index (χ3v) is 2.03. The van der Waals surface area contributed by atoms with Gasteiger partial charge in [0.15, 0.2) is 0 Å². The fourth-order valence-electron chi connectivity index (χ4n) is 0.599. The Morgan fingerprint density at radius 2 is 2.62 bits per heavy atom. The zero-order valence-electron chi connectivity index (χ0n) is 4.50. The monoisotopic (exact) mass is 127 g/mol. The maximum absolute atomic E-state index is 8.33. The highest BCUT2D eigenvalue weighted by molar-refractivity contribution is 7.99. The van der Waals surface area contributed by atoms with Crippen molar-refractivity contribution in [3.05, 3.63) is 0 Å². The molecule has 1 fully saturated rings. The highest BCUT2D eigenvalue weighted by atomic mass is 32.2. The molecule has 1 saturated heterocycles. The molecule has 3 heteroatoms. The number of hydrogen-bond donors (Lipinski definition) is 0. The van der Waals surface area contributed by atoms with E-state index in [9.17, 15) is 0 Å². The third kappa shape index (κ3) is 1.39. The van der Waals surface area contributed by atoms with Crippen LogP contribution in [0.25, 0.3) is 0 Å². The molecule has 43 valence electrons. The Morgan fingerprint density at radius 3 is 3.00 bits per heavy atom. The molecule has 8 heavy (non-hydrogen) atoms. The Morgan fingerprint density at radius 1 is 1.75 bits per heavy atom. The van der Waals surface area contributed by atoms with E-state index in [0.29, 0.717) is 0 Å². The standard InChI is InChI=1S/C5H7N2S/c6-3-5-4-8-2-1-7-5/h5H,1-2,4H2. The van der Waals surface area contributed by atoms with Crippen molar-refractivity contribution >= 4 is 11.8 Å². The molecule has 0 amide bonds. The van der Waals surface area contributed by atoms with Crippen molar-refractivity contribution in [2.24, 2.45) is 0 Å². The van der Waals surface area contributed by atoms with Crippen LogP contribution in [-0.4, -0.2) is 24.1 Å². The van der Waals surface area contributed by atoms with Crippen molar-refractivity contribution in [2.45, 2.75) is 6.04 Å². The van der Waals surface area contributed by atoms with E-state index in [0.717, 1.165) is 18.1 Å². The summed E-state index contributed by atoms with van der Waals surface area (Å²) in [6.45, 7) is 0.864. The summed E-state index contributed by atoms with van der Waals surface area (Å²) in [5.74, 6) is 1.99. The quantitative estimate of drug-likeness (QED) is 0.467. The summed E-state index contributed by atoms with van der Waals surface area (Å²) in [6, 6.07) is 2.10. The van der Waals surface area contributed by atoms with Gasteiger partial charge in [-0.15, -0.1) is 0 Å². The van der Waals surface area contributed by atoms with Gasteiger partial charge in [0.1, 0.15) is 6.04 Å². The molecule has 1 aliphatic rings. The average Bonchev–Trinajstić information content (AvgIpc) is 1.90. The lowest BCUT2D eigenvalue weighted by molar-refractivity contribution is 0.651. The third-order valence-electron chi connectivity index (χ3n) is 1.01. The van der Waals surface area contributed by atoms with E-state index < -0.39 is 0 Å². The molecular formula is C5H7N2S. The number of nitriles is 1. The summed E-state index contributed by atoms with van der Waals surface area (Å²) in [4.78, 5) is 0. The molecule has 1 unspecified atom stereocenters.